The van der Waals surface area contributed by atoms with E-state index in [-0.39, 0.29) is 0 Å². The lowest BCUT2D eigenvalue weighted by Crippen LogP contribution is -2.31. The van der Waals surface area contributed by atoms with Gasteiger partial charge in [-0.3, -0.25) is 5.32 Å². The summed E-state index contributed by atoms with van der Waals surface area (Å²) in [5.74, 6) is 0. The number of nitrogens with one attached hydrogen (secondary N) is 2. The van der Waals surface area contributed by atoms with Crippen LogP contribution in [0.25, 0.3) is 22.3 Å². The number of hydrogen-bond donors (Lipinski definition) is 2. The minimum atomic E-state index is 0.839. The van der Waals surface area contributed by atoms with Crippen molar-refractivity contribution < 1.29 is 0 Å². The van der Waals surface area contributed by atoms with Gasteiger partial charge in [-0.25, -0.2) is 0 Å². The molecule has 2 heteroatoms. The van der Waals surface area contributed by atoms with Gasteiger partial charge in [0.1, 0.15) is 0 Å². The third-order valence-electron chi connectivity index (χ3n) is 4.28. The highest BCUT2D eigenvalue weighted by molar-refractivity contribution is 5.85. The summed E-state index contributed by atoms with van der Waals surface area (Å²) in [5.41, 5.74) is 7.59. The molecule has 1 heterocycles. The first-order valence-electron chi connectivity index (χ1n) is 8.46. The molecule has 0 radical (unpaired) electrons. The van der Waals surface area contributed by atoms with Crippen molar-refractivity contribution in [2.24, 2.45) is 0 Å². The molecule has 2 aromatic carbocycles. The SMILES string of the molecule is C/C=C\C(=C/C)c1ccccc1-c1ccc(C2=CNCNC2)cc1. The molecule has 0 atom stereocenters. The van der Waals surface area contributed by atoms with Crippen LogP contribution in [0.15, 0.2) is 73.0 Å². The zero-order valence-corrected chi connectivity index (χ0v) is 14.3. The maximum atomic E-state index is 3.33. The third kappa shape index (κ3) is 3.50. The molecule has 0 aromatic heterocycles. The Labute approximate surface area is 144 Å². The van der Waals surface area contributed by atoms with Crippen LogP contribution in [0.1, 0.15) is 25.0 Å². The fourth-order valence-corrected chi connectivity index (χ4v) is 3.05. The van der Waals surface area contributed by atoms with E-state index < -0.39 is 0 Å². The van der Waals surface area contributed by atoms with E-state index in [1.165, 1.54) is 33.4 Å². The third-order valence-corrected chi connectivity index (χ3v) is 4.28. The molecule has 0 unspecified atom stereocenters. The molecule has 0 saturated heterocycles. The molecular weight excluding hydrogens is 292 g/mol. The van der Waals surface area contributed by atoms with Crippen molar-refractivity contribution in [3.8, 4) is 11.1 Å². The monoisotopic (exact) mass is 316 g/mol. The van der Waals surface area contributed by atoms with E-state index in [1.54, 1.807) is 0 Å². The topological polar surface area (TPSA) is 24.1 Å². The maximum Gasteiger partial charge on any atom is 0.0650 e. The van der Waals surface area contributed by atoms with Gasteiger partial charge in [0.2, 0.25) is 0 Å². The van der Waals surface area contributed by atoms with Gasteiger partial charge < -0.3 is 5.32 Å². The summed E-state index contributed by atoms with van der Waals surface area (Å²) in [6, 6.07) is 17.4. The zero-order valence-electron chi connectivity index (χ0n) is 14.3. The molecule has 0 amide bonds. The van der Waals surface area contributed by atoms with Crippen LogP contribution in [0.4, 0.5) is 0 Å². The Balaban J connectivity index is 1.96. The molecule has 122 valence electrons. The van der Waals surface area contributed by atoms with Gasteiger partial charge in [0, 0.05) is 12.7 Å². The first-order chi connectivity index (χ1) is 11.8. The van der Waals surface area contributed by atoms with Crippen LogP contribution >= 0.6 is 0 Å². The Kier molecular flexibility index (Phi) is 5.29. The van der Waals surface area contributed by atoms with Gasteiger partial charge in [-0.2, -0.15) is 0 Å². The van der Waals surface area contributed by atoms with Crippen LogP contribution in [-0.4, -0.2) is 13.2 Å². The summed E-state index contributed by atoms with van der Waals surface area (Å²) in [6.07, 6.45) is 8.52. The van der Waals surface area contributed by atoms with Crippen LogP contribution in [0.3, 0.4) is 0 Å². The number of benzene rings is 2. The summed E-state index contributed by atoms with van der Waals surface area (Å²) in [5, 5.41) is 6.57. The van der Waals surface area contributed by atoms with E-state index in [0.717, 1.165) is 13.2 Å². The molecule has 0 aliphatic carbocycles. The quantitative estimate of drug-likeness (QED) is 0.790. The van der Waals surface area contributed by atoms with E-state index >= 15 is 0 Å². The Morgan fingerprint density at radius 3 is 2.38 bits per heavy atom. The van der Waals surface area contributed by atoms with Gasteiger partial charge in [-0.1, -0.05) is 66.8 Å². The molecule has 1 aliphatic heterocycles. The fourth-order valence-electron chi connectivity index (χ4n) is 3.05. The molecule has 0 fully saturated rings. The predicted molar refractivity (Wildman–Crippen MR) is 104 cm³/mol. The summed E-state index contributed by atoms with van der Waals surface area (Å²) in [4.78, 5) is 0. The van der Waals surface area contributed by atoms with E-state index in [0.29, 0.717) is 0 Å². The minimum absolute atomic E-state index is 0.839. The molecule has 3 rings (SSSR count). The summed E-state index contributed by atoms with van der Waals surface area (Å²) < 4.78 is 0. The lowest BCUT2D eigenvalue weighted by molar-refractivity contribution is 0.678. The Morgan fingerprint density at radius 1 is 0.958 bits per heavy atom. The van der Waals surface area contributed by atoms with Gasteiger partial charge in [-0.05, 0) is 47.2 Å². The highest BCUT2D eigenvalue weighted by atomic mass is 15.1. The van der Waals surface area contributed by atoms with Crippen molar-refractivity contribution in [2.45, 2.75) is 13.8 Å². The van der Waals surface area contributed by atoms with Crippen LogP contribution < -0.4 is 10.6 Å². The van der Waals surface area contributed by atoms with Crippen molar-refractivity contribution in [1.29, 1.82) is 0 Å². The normalized spacial score (nSPS) is 15.2. The number of allylic oxidation sites excluding steroid dienone is 4. The van der Waals surface area contributed by atoms with E-state index in [2.05, 4.69) is 97.4 Å². The average Bonchev–Trinajstić information content (AvgIpc) is 2.67. The smallest absolute Gasteiger partial charge is 0.0650 e. The molecule has 0 bridgehead atoms. The molecule has 2 N–H and O–H groups in total. The van der Waals surface area contributed by atoms with Crippen LogP contribution in [0.2, 0.25) is 0 Å². The fraction of sp³-hybridized carbons (Fsp3) is 0.182. The second kappa shape index (κ2) is 7.80. The van der Waals surface area contributed by atoms with Crippen LogP contribution in [0.5, 0.6) is 0 Å². The highest BCUT2D eigenvalue weighted by Crippen LogP contribution is 2.30. The zero-order chi connectivity index (χ0) is 16.8. The van der Waals surface area contributed by atoms with Crippen molar-refractivity contribution in [1.82, 2.24) is 10.6 Å². The van der Waals surface area contributed by atoms with Gasteiger partial charge in [0.05, 0.1) is 6.67 Å². The second-order valence-corrected chi connectivity index (χ2v) is 5.84. The summed E-state index contributed by atoms with van der Waals surface area (Å²) in [6.45, 7) is 5.89. The second-order valence-electron chi connectivity index (χ2n) is 5.84. The first-order valence-corrected chi connectivity index (χ1v) is 8.46. The first kappa shape index (κ1) is 16.3. The van der Waals surface area contributed by atoms with E-state index in [9.17, 15) is 0 Å². The molecule has 2 aromatic rings. The van der Waals surface area contributed by atoms with E-state index in [4.69, 9.17) is 0 Å². The Hall–Kier alpha value is -2.58. The van der Waals surface area contributed by atoms with Crippen LogP contribution in [-0.2, 0) is 0 Å². The maximum absolute atomic E-state index is 3.33. The molecular formula is C22H24N2. The van der Waals surface area contributed by atoms with Crippen molar-refractivity contribution in [3.05, 3.63) is 84.1 Å². The Morgan fingerprint density at radius 2 is 1.71 bits per heavy atom. The van der Waals surface area contributed by atoms with Crippen molar-refractivity contribution in [3.63, 3.8) is 0 Å². The van der Waals surface area contributed by atoms with Gasteiger partial charge in [0.25, 0.3) is 0 Å². The number of rotatable bonds is 4. The molecule has 0 spiro atoms. The number of hydrogen-bond acceptors (Lipinski definition) is 2. The van der Waals surface area contributed by atoms with Crippen molar-refractivity contribution >= 4 is 11.1 Å². The van der Waals surface area contributed by atoms with Gasteiger partial charge in [0.15, 0.2) is 0 Å². The van der Waals surface area contributed by atoms with Crippen LogP contribution in [0, 0.1) is 0 Å². The average molecular weight is 316 g/mol. The minimum Gasteiger partial charge on any atom is -0.378 e. The van der Waals surface area contributed by atoms with Crippen molar-refractivity contribution in [2.75, 3.05) is 13.2 Å². The molecule has 24 heavy (non-hydrogen) atoms. The molecule has 1 aliphatic rings. The van der Waals surface area contributed by atoms with E-state index in [1.807, 2.05) is 0 Å². The Bertz CT molecular complexity index is 780. The van der Waals surface area contributed by atoms with Gasteiger partial charge in [-0.15, -0.1) is 0 Å². The summed E-state index contributed by atoms with van der Waals surface area (Å²) >= 11 is 0. The standard InChI is InChI=1S/C22H24N2/c1-3-7-17(4-2)21-8-5-6-9-22(21)19-12-10-18(11-13-19)20-14-23-16-24-15-20/h3-14,23-24H,15-16H2,1-2H3/b7-3-,17-4+. The van der Waals surface area contributed by atoms with Gasteiger partial charge >= 0.3 is 0 Å². The highest BCUT2D eigenvalue weighted by Gasteiger charge is 2.09. The predicted octanol–water partition coefficient (Wildman–Crippen LogP) is 4.82. The lowest BCUT2D eigenvalue weighted by Gasteiger charge is -2.16. The largest absolute Gasteiger partial charge is 0.378 e. The summed E-state index contributed by atoms with van der Waals surface area (Å²) in [7, 11) is 0. The molecule has 0 saturated carbocycles. The lowest BCUT2D eigenvalue weighted by atomic mass is 9.93. The molecule has 2 nitrogen and oxygen atoms in total.